The molecule has 0 unspecified atom stereocenters. The lowest BCUT2D eigenvalue weighted by Crippen LogP contribution is -2.40. The summed E-state index contributed by atoms with van der Waals surface area (Å²) < 4.78 is 37.6. The predicted molar refractivity (Wildman–Crippen MR) is 120 cm³/mol. The maximum Gasteiger partial charge on any atom is 0.353 e. The third-order valence-corrected chi connectivity index (χ3v) is 7.47. The number of carbonyl (C=O) groups excluding carboxylic acids is 2. The number of hydrogen-bond donors (Lipinski definition) is 1. The van der Waals surface area contributed by atoms with E-state index in [2.05, 4.69) is 5.32 Å². The average Bonchev–Trinajstić information content (AvgIpc) is 3.35. The van der Waals surface area contributed by atoms with Gasteiger partial charge in [0.2, 0.25) is 10.0 Å². The number of nitrogens with zero attached hydrogens (tertiary/aromatic N) is 1. The zero-order valence-electron chi connectivity index (χ0n) is 16.9. The Bertz CT molecular complexity index is 1220. The molecule has 4 rings (SSSR count). The van der Waals surface area contributed by atoms with Crippen LogP contribution in [0.15, 0.2) is 70.9 Å². The number of ether oxygens (including phenoxy) is 2. The van der Waals surface area contributed by atoms with Crippen LogP contribution in [-0.2, 0) is 14.8 Å². The second-order valence-corrected chi connectivity index (χ2v) is 9.78. The van der Waals surface area contributed by atoms with Gasteiger partial charge in [-0.2, -0.15) is 4.31 Å². The number of hydrogen-bond acceptors (Lipinski definition) is 7. The summed E-state index contributed by atoms with van der Waals surface area (Å²) in [5, 5.41) is 4.49. The Morgan fingerprint density at radius 1 is 1.00 bits per heavy atom. The summed E-state index contributed by atoms with van der Waals surface area (Å²) >= 11 is 1.27. The quantitative estimate of drug-likeness (QED) is 0.437. The number of anilines is 1. The number of esters is 1. The van der Waals surface area contributed by atoms with Crippen molar-refractivity contribution in [3.05, 3.63) is 76.5 Å². The van der Waals surface area contributed by atoms with Gasteiger partial charge < -0.3 is 14.8 Å². The topological polar surface area (TPSA) is 102 Å². The van der Waals surface area contributed by atoms with Crippen molar-refractivity contribution in [3.63, 3.8) is 0 Å². The number of morpholine rings is 1. The monoisotopic (exact) mass is 472 g/mol. The summed E-state index contributed by atoms with van der Waals surface area (Å²) in [7, 11) is -3.72. The maximum atomic E-state index is 12.9. The Labute approximate surface area is 189 Å². The molecule has 1 amide bonds. The van der Waals surface area contributed by atoms with E-state index in [1.54, 1.807) is 35.7 Å². The molecule has 0 saturated carbocycles. The van der Waals surface area contributed by atoms with Gasteiger partial charge in [0, 0.05) is 30.4 Å². The van der Waals surface area contributed by atoms with Crippen LogP contribution in [0.3, 0.4) is 0 Å². The number of amides is 1. The van der Waals surface area contributed by atoms with Gasteiger partial charge in [-0.3, -0.25) is 4.79 Å². The molecule has 0 radical (unpaired) electrons. The molecule has 0 aliphatic carbocycles. The molecule has 1 N–H and O–H groups in total. The first-order valence-corrected chi connectivity index (χ1v) is 12.1. The smallest absolute Gasteiger partial charge is 0.353 e. The van der Waals surface area contributed by atoms with Gasteiger partial charge in [-0.1, -0.05) is 18.2 Å². The zero-order valence-corrected chi connectivity index (χ0v) is 18.5. The van der Waals surface area contributed by atoms with Crippen molar-refractivity contribution in [3.8, 4) is 5.75 Å². The summed E-state index contributed by atoms with van der Waals surface area (Å²) in [4.78, 5) is 25.4. The third kappa shape index (κ3) is 5.05. The van der Waals surface area contributed by atoms with E-state index in [9.17, 15) is 18.0 Å². The number of carbonyl (C=O) groups is 2. The third-order valence-electron chi connectivity index (χ3n) is 4.73. The Morgan fingerprint density at radius 3 is 2.53 bits per heavy atom. The van der Waals surface area contributed by atoms with Crippen molar-refractivity contribution in [2.45, 2.75) is 4.90 Å². The molecule has 2 aromatic carbocycles. The molecular weight excluding hydrogens is 452 g/mol. The standard InChI is InChI=1S/C22H20N2O6S2/c25-21(16-4-1-7-19(14-16)32(27,28)24-9-11-29-12-10-24)23-17-5-2-6-18(15-17)30-22(26)20-8-3-13-31-20/h1-8,13-15H,9-12H2,(H,23,25). The van der Waals surface area contributed by atoms with Crippen molar-refractivity contribution in [2.75, 3.05) is 31.6 Å². The second-order valence-electron chi connectivity index (χ2n) is 6.89. The van der Waals surface area contributed by atoms with Gasteiger partial charge in [0.05, 0.1) is 18.1 Å². The van der Waals surface area contributed by atoms with Crippen LogP contribution >= 0.6 is 11.3 Å². The normalized spacial score (nSPS) is 14.6. The molecule has 32 heavy (non-hydrogen) atoms. The predicted octanol–water partition coefficient (Wildman–Crippen LogP) is 3.24. The van der Waals surface area contributed by atoms with Crippen LogP contribution in [0.2, 0.25) is 0 Å². The largest absolute Gasteiger partial charge is 0.422 e. The highest BCUT2D eigenvalue weighted by atomic mass is 32.2. The fourth-order valence-corrected chi connectivity index (χ4v) is 5.18. The molecule has 1 saturated heterocycles. The molecule has 2 heterocycles. The Balaban J connectivity index is 1.47. The Kier molecular flexibility index (Phi) is 6.66. The van der Waals surface area contributed by atoms with Crippen LogP contribution in [0.4, 0.5) is 5.69 Å². The molecule has 3 aromatic rings. The van der Waals surface area contributed by atoms with Gasteiger partial charge in [-0.25, -0.2) is 13.2 Å². The fourth-order valence-electron chi connectivity index (χ4n) is 3.13. The highest BCUT2D eigenvalue weighted by molar-refractivity contribution is 7.89. The van der Waals surface area contributed by atoms with Gasteiger partial charge in [0.15, 0.2) is 0 Å². The van der Waals surface area contributed by atoms with Crippen molar-refractivity contribution in [1.29, 1.82) is 0 Å². The van der Waals surface area contributed by atoms with Crippen molar-refractivity contribution in [1.82, 2.24) is 4.31 Å². The molecule has 0 spiro atoms. The minimum atomic E-state index is -3.72. The van der Waals surface area contributed by atoms with Crippen LogP contribution in [0.5, 0.6) is 5.75 Å². The fraction of sp³-hybridized carbons (Fsp3) is 0.182. The van der Waals surface area contributed by atoms with Gasteiger partial charge in [-0.05, 0) is 41.8 Å². The van der Waals surface area contributed by atoms with E-state index in [1.165, 1.54) is 46.0 Å². The van der Waals surface area contributed by atoms with Crippen molar-refractivity contribution >= 4 is 38.9 Å². The molecule has 1 aliphatic rings. The Morgan fingerprint density at radius 2 is 1.78 bits per heavy atom. The van der Waals surface area contributed by atoms with Crippen molar-refractivity contribution < 1.29 is 27.5 Å². The highest BCUT2D eigenvalue weighted by Crippen LogP contribution is 2.22. The maximum absolute atomic E-state index is 12.9. The summed E-state index contributed by atoms with van der Waals surface area (Å²) in [5.74, 6) is -0.680. The Hall–Kier alpha value is -3.05. The zero-order chi connectivity index (χ0) is 22.6. The number of sulfonamides is 1. The lowest BCUT2D eigenvalue weighted by molar-refractivity contribution is 0.0730. The molecule has 0 atom stereocenters. The number of thiophene rings is 1. The van der Waals surface area contributed by atoms with Crippen LogP contribution in [0.25, 0.3) is 0 Å². The lowest BCUT2D eigenvalue weighted by Gasteiger charge is -2.26. The molecule has 1 aliphatic heterocycles. The molecule has 1 aromatic heterocycles. The number of nitrogens with one attached hydrogen (secondary N) is 1. The van der Waals surface area contributed by atoms with Crippen LogP contribution in [-0.4, -0.2) is 50.9 Å². The molecule has 1 fully saturated rings. The summed E-state index contributed by atoms with van der Waals surface area (Å²) in [6.45, 7) is 1.23. The molecule has 8 nitrogen and oxygen atoms in total. The number of rotatable bonds is 6. The first-order valence-electron chi connectivity index (χ1n) is 9.78. The lowest BCUT2D eigenvalue weighted by atomic mass is 10.2. The SMILES string of the molecule is O=C(Nc1cccc(OC(=O)c2cccs2)c1)c1cccc(S(=O)(=O)N2CCOCC2)c1. The summed E-state index contributed by atoms with van der Waals surface area (Å²) in [5.41, 5.74) is 0.605. The second kappa shape index (κ2) is 9.61. The first kappa shape index (κ1) is 22.2. The van der Waals surface area contributed by atoms with Crippen LogP contribution in [0.1, 0.15) is 20.0 Å². The van der Waals surface area contributed by atoms with Crippen molar-refractivity contribution in [2.24, 2.45) is 0 Å². The van der Waals surface area contributed by atoms with Gasteiger partial charge in [0.1, 0.15) is 10.6 Å². The minimum Gasteiger partial charge on any atom is -0.422 e. The molecule has 0 bridgehead atoms. The average molecular weight is 473 g/mol. The molecule has 10 heteroatoms. The van der Waals surface area contributed by atoms with Gasteiger partial charge in [-0.15, -0.1) is 11.3 Å². The van der Waals surface area contributed by atoms with E-state index in [-0.39, 0.29) is 29.3 Å². The highest BCUT2D eigenvalue weighted by Gasteiger charge is 2.27. The van der Waals surface area contributed by atoms with E-state index in [0.29, 0.717) is 23.8 Å². The van der Waals surface area contributed by atoms with E-state index >= 15 is 0 Å². The van der Waals surface area contributed by atoms with Crippen LogP contribution < -0.4 is 10.1 Å². The minimum absolute atomic E-state index is 0.0469. The van der Waals surface area contributed by atoms with E-state index < -0.39 is 21.9 Å². The van der Waals surface area contributed by atoms with E-state index in [4.69, 9.17) is 9.47 Å². The summed E-state index contributed by atoms with van der Waals surface area (Å²) in [6.07, 6.45) is 0. The molecular formula is C22H20N2O6S2. The van der Waals surface area contributed by atoms with Crippen LogP contribution in [0, 0.1) is 0 Å². The number of benzene rings is 2. The van der Waals surface area contributed by atoms with E-state index in [1.807, 2.05) is 0 Å². The van der Waals surface area contributed by atoms with Gasteiger partial charge in [0.25, 0.3) is 5.91 Å². The first-order chi connectivity index (χ1) is 15.4. The molecule has 166 valence electrons. The van der Waals surface area contributed by atoms with E-state index in [0.717, 1.165) is 0 Å². The van der Waals surface area contributed by atoms with Gasteiger partial charge >= 0.3 is 5.97 Å². The summed E-state index contributed by atoms with van der Waals surface area (Å²) in [6, 6.07) is 15.7.